The molecule has 2 heterocycles. The van der Waals surface area contributed by atoms with Crippen molar-refractivity contribution in [2.45, 2.75) is 58.3 Å². The number of aromatic nitrogens is 1. The molecular weight excluding hydrogens is 662 g/mol. The molecule has 0 bridgehead atoms. The number of nitro groups is 1. The number of unbranched alkanes of at least 4 members (excludes halogenated alkanes) is 1. The third kappa shape index (κ3) is 9.70. The maximum Gasteiger partial charge on any atom is 0.328 e. The van der Waals surface area contributed by atoms with Gasteiger partial charge in [0.25, 0.3) is 5.69 Å². The Balaban J connectivity index is 0.000000677. The Labute approximate surface area is 302 Å². The Morgan fingerprint density at radius 2 is 1.35 bits per heavy atom. The molecule has 1 aromatic heterocycles. The predicted octanol–water partition coefficient (Wildman–Crippen LogP) is 7.62. The first-order valence-electron chi connectivity index (χ1n) is 17.1. The maximum absolute atomic E-state index is 13.7. The van der Waals surface area contributed by atoms with E-state index in [0.29, 0.717) is 58.6 Å². The highest BCUT2D eigenvalue weighted by atomic mass is 16.6. The van der Waals surface area contributed by atoms with Gasteiger partial charge in [0.1, 0.15) is 0 Å². The van der Waals surface area contributed by atoms with Crippen LogP contribution in [0.3, 0.4) is 0 Å². The van der Waals surface area contributed by atoms with Crippen LogP contribution in [0.25, 0.3) is 11.1 Å². The van der Waals surface area contributed by atoms with E-state index >= 15 is 0 Å². The van der Waals surface area contributed by atoms with Crippen LogP contribution < -0.4 is 0 Å². The summed E-state index contributed by atoms with van der Waals surface area (Å²) in [5.41, 5.74) is 5.35. The number of nitro benzene ring substituents is 1. The van der Waals surface area contributed by atoms with Crippen molar-refractivity contribution in [1.82, 2.24) is 9.88 Å². The van der Waals surface area contributed by atoms with Crippen molar-refractivity contribution in [3.05, 3.63) is 141 Å². The van der Waals surface area contributed by atoms with Crippen molar-refractivity contribution in [3.63, 3.8) is 0 Å². The molecule has 1 fully saturated rings. The number of carbonyl (C=O) groups is 4. The topological polar surface area (TPSA) is 168 Å². The number of hydrogen-bond donors (Lipinski definition) is 2. The molecule has 0 spiro atoms. The Kier molecular flexibility index (Phi) is 13.4. The van der Waals surface area contributed by atoms with Gasteiger partial charge in [-0.05, 0) is 82.8 Å². The van der Waals surface area contributed by atoms with E-state index in [0.717, 1.165) is 38.9 Å². The van der Waals surface area contributed by atoms with Gasteiger partial charge in [-0.1, -0.05) is 72.8 Å². The molecule has 0 saturated carbocycles. The molecule has 0 radical (unpaired) electrons. The van der Waals surface area contributed by atoms with Crippen LogP contribution in [-0.4, -0.2) is 68.2 Å². The molecule has 3 aromatic carbocycles. The number of nitrogens with zero attached hydrogens (tertiary/aromatic N) is 3. The number of non-ortho nitro benzene ring substituents is 1. The van der Waals surface area contributed by atoms with E-state index in [2.05, 4.69) is 70.5 Å². The monoisotopic (exact) mass is 705 g/mol. The lowest BCUT2D eigenvalue weighted by atomic mass is 9.68. The zero-order valence-corrected chi connectivity index (χ0v) is 29.6. The SMILES string of the molecule is CC(=O)c1c(C)nc(C)c(C(=O)CCCCN2CCC(c3ccccc3)(c3ccccc3)CC2)c1-c1cccc([N+](=O)[O-])c1.O=C(O)C=CC(=O)O. The summed E-state index contributed by atoms with van der Waals surface area (Å²) in [6.07, 6.45) is 5.08. The first kappa shape index (κ1) is 39.0. The van der Waals surface area contributed by atoms with Crippen molar-refractivity contribution >= 4 is 29.2 Å². The molecule has 1 aliphatic rings. The zero-order chi connectivity index (χ0) is 37.8. The molecule has 5 rings (SSSR count). The van der Waals surface area contributed by atoms with Crippen molar-refractivity contribution in [1.29, 1.82) is 0 Å². The molecule has 270 valence electrons. The minimum atomic E-state index is -1.26. The van der Waals surface area contributed by atoms with Crippen LogP contribution in [-0.2, 0) is 15.0 Å². The van der Waals surface area contributed by atoms with Crippen LogP contribution >= 0.6 is 0 Å². The van der Waals surface area contributed by atoms with Crippen LogP contribution in [0.4, 0.5) is 5.69 Å². The first-order valence-corrected chi connectivity index (χ1v) is 17.1. The molecule has 0 atom stereocenters. The fraction of sp³-hybridized carbons (Fsp3) is 0.293. The molecule has 4 aromatic rings. The molecule has 0 aliphatic carbocycles. The average molecular weight is 706 g/mol. The summed E-state index contributed by atoms with van der Waals surface area (Å²) in [5, 5.41) is 27.1. The van der Waals surface area contributed by atoms with Crippen LogP contribution in [0.1, 0.15) is 82.3 Å². The van der Waals surface area contributed by atoms with Gasteiger partial charge in [0.05, 0.1) is 4.92 Å². The second-order valence-corrected chi connectivity index (χ2v) is 12.8. The highest BCUT2D eigenvalue weighted by Gasteiger charge is 2.37. The number of aliphatic carboxylic acids is 2. The fourth-order valence-corrected chi connectivity index (χ4v) is 6.99. The number of benzene rings is 3. The van der Waals surface area contributed by atoms with E-state index in [1.807, 2.05) is 0 Å². The smallest absolute Gasteiger partial charge is 0.328 e. The number of likely N-dealkylation sites (tertiary alicyclic amines) is 1. The number of Topliss-reactive ketones (excluding diaryl/α,β-unsaturated/α-hetero) is 2. The Morgan fingerprint density at radius 1 is 0.808 bits per heavy atom. The largest absolute Gasteiger partial charge is 0.478 e. The lowest BCUT2D eigenvalue weighted by molar-refractivity contribution is -0.384. The van der Waals surface area contributed by atoms with Crippen LogP contribution in [0.5, 0.6) is 0 Å². The second kappa shape index (κ2) is 17.9. The molecule has 2 N–H and O–H groups in total. The van der Waals surface area contributed by atoms with E-state index in [1.165, 1.54) is 30.2 Å². The Bertz CT molecular complexity index is 1890. The molecule has 1 aliphatic heterocycles. The van der Waals surface area contributed by atoms with Gasteiger partial charge in [0.15, 0.2) is 11.6 Å². The number of rotatable bonds is 13. The van der Waals surface area contributed by atoms with E-state index in [1.54, 1.807) is 26.0 Å². The third-order valence-corrected chi connectivity index (χ3v) is 9.39. The van der Waals surface area contributed by atoms with Crippen molar-refractivity contribution < 1.29 is 34.3 Å². The highest BCUT2D eigenvalue weighted by Crippen LogP contribution is 2.42. The van der Waals surface area contributed by atoms with E-state index in [9.17, 15) is 29.3 Å². The molecule has 52 heavy (non-hydrogen) atoms. The van der Waals surface area contributed by atoms with Gasteiger partial charge in [0.2, 0.25) is 0 Å². The summed E-state index contributed by atoms with van der Waals surface area (Å²) in [4.78, 5) is 63.6. The average Bonchev–Trinajstić information content (AvgIpc) is 3.13. The summed E-state index contributed by atoms with van der Waals surface area (Å²) in [7, 11) is 0. The number of carboxylic acids is 2. The van der Waals surface area contributed by atoms with Gasteiger partial charge in [-0.2, -0.15) is 0 Å². The van der Waals surface area contributed by atoms with Crippen LogP contribution in [0.2, 0.25) is 0 Å². The van der Waals surface area contributed by atoms with Gasteiger partial charge in [-0.3, -0.25) is 24.7 Å². The summed E-state index contributed by atoms with van der Waals surface area (Å²) in [6, 6.07) is 27.7. The minimum absolute atomic E-state index is 0.00227. The van der Waals surface area contributed by atoms with E-state index < -0.39 is 16.9 Å². The zero-order valence-electron chi connectivity index (χ0n) is 29.6. The second-order valence-electron chi connectivity index (χ2n) is 12.8. The normalized spacial score (nSPS) is 13.9. The lowest BCUT2D eigenvalue weighted by Crippen LogP contribution is -2.43. The molecule has 11 heteroatoms. The fourth-order valence-electron chi connectivity index (χ4n) is 6.99. The Morgan fingerprint density at radius 3 is 1.85 bits per heavy atom. The number of carbonyl (C=O) groups excluding carboxylic acids is 2. The number of pyridine rings is 1. The minimum Gasteiger partial charge on any atom is -0.478 e. The molecule has 1 saturated heterocycles. The molecule has 0 amide bonds. The quantitative estimate of drug-likeness (QED) is 0.0464. The summed E-state index contributed by atoms with van der Waals surface area (Å²) in [5.74, 6) is -2.83. The van der Waals surface area contributed by atoms with Crippen molar-refractivity contribution in [3.8, 4) is 11.1 Å². The van der Waals surface area contributed by atoms with E-state index in [-0.39, 0.29) is 22.7 Å². The van der Waals surface area contributed by atoms with Crippen molar-refractivity contribution in [2.75, 3.05) is 19.6 Å². The van der Waals surface area contributed by atoms with Gasteiger partial charge in [-0.25, -0.2) is 9.59 Å². The van der Waals surface area contributed by atoms with E-state index in [4.69, 9.17) is 10.2 Å². The van der Waals surface area contributed by atoms with Gasteiger partial charge in [0, 0.05) is 64.2 Å². The van der Waals surface area contributed by atoms with Crippen LogP contribution in [0, 0.1) is 24.0 Å². The maximum atomic E-state index is 13.7. The first-order chi connectivity index (χ1) is 24.8. The summed E-state index contributed by atoms with van der Waals surface area (Å²) < 4.78 is 0. The molecule has 0 unspecified atom stereocenters. The summed E-state index contributed by atoms with van der Waals surface area (Å²) >= 11 is 0. The number of aryl methyl sites for hydroxylation is 2. The Hall–Kier alpha value is -5.81. The third-order valence-electron chi connectivity index (χ3n) is 9.39. The standard InChI is InChI=1S/C37H39N3O4.C4H4O4/c1-26-34(28(3)41)36(29-13-12-18-32(25-29)40(43)44)35(27(2)38-26)33(42)19-10-11-22-39-23-20-37(21-24-39,30-14-6-4-7-15-30)31-16-8-5-9-17-31;5-3(6)1-2-4(7)8/h4-9,12-18,25H,10-11,19-24H2,1-3H3;1-2H,(H,5,6)(H,7,8). The molecular formula is C41H43N3O8. The number of ketones is 2. The van der Waals surface area contributed by atoms with Gasteiger partial charge >= 0.3 is 11.9 Å². The number of carboxylic acid groups (broad SMARTS) is 2. The lowest BCUT2D eigenvalue weighted by Gasteiger charge is -2.43. The highest BCUT2D eigenvalue weighted by molar-refractivity contribution is 6.11. The number of hydrogen-bond acceptors (Lipinski definition) is 8. The summed E-state index contributed by atoms with van der Waals surface area (Å²) in [6.45, 7) is 7.83. The van der Waals surface area contributed by atoms with Crippen molar-refractivity contribution in [2.24, 2.45) is 0 Å². The van der Waals surface area contributed by atoms with Gasteiger partial charge < -0.3 is 15.1 Å². The van der Waals surface area contributed by atoms with Crippen LogP contribution in [0.15, 0.2) is 97.1 Å². The van der Waals surface area contributed by atoms with Gasteiger partial charge in [-0.15, -0.1) is 0 Å². The molecule has 11 nitrogen and oxygen atoms in total. The number of piperidine rings is 1. The predicted molar refractivity (Wildman–Crippen MR) is 198 cm³/mol.